The molecule has 0 bridgehead atoms. The maximum absolute atomic E-state index is 13.1. The molecule has 2 heterocycles. The Hall–Kier alpha value is -2.25. The van der Waals surface area contributed by atoms with Crippen molar-refractivity contribution in [2.75, 3.05) is 26.8 Å². The van der Waals surface area contributed by atoms with E-state index < -0.39 is 6.04 Å². The number of carbonyl (C=O) groups excluding carboxylic acids is 2. The number of aryl methyl sites for hydroxylation is 2. The Morgan fingerprint density at radius 2 is 1.96 bits per heavy atom. The van der Waals surface area contributed by atoms with Gasteiger partial charge in [-0.25, -0.2) is 4.98 Å². The summed E-state index contributed by atoms with van der Waals surface area (Å²) in [4.78, 5) is 34.9. The van der Waals surface area contributed by atoms with Gasteiger partial charge in [0.2, 0.25) is 11.8 Å². The summed E-state index contributed by atoms with van der Waals surface area (Å²) in [5.74, 6) is -0.0496. The number of hydrogen-bond donors (Lipinski definition) is 0. The fourth-order valence-electron chi connectivity index (χ4n) is 3.35. The molecular formula is C20H25N3O3S. The molecule has 0 radical (unpaired) electrons. The number of piperazine rings is 1. The first-order valence-electron chi connectivity index (χ1n) is 9.03. The highest BCUT2D eigenvalue weighted by molar-refractivity contribution is 7.11. The molecule has 0 unspecified atom stereocenters. The van der Waals surface area contributed by atoms with E-state index in [1.807, 2.05) is 44.2 Å². The predicted octanol–water partition coefficient (Wildman–Crippen LogP) is 2.19. The van der Waals surface area contributed by atoms with E-state index >= 15 is 0 Å². The lowest BCUT2D eigenvalue weighted by Gasteiger charge is -2.40. The summed E-state index contributed by atoms with van der Waals surface area (Å²) in [7, 11) is 1.60. The minimum atomic E-state index is -0.507. The van der Waals surface area contributed by atoms with Crippen LogP contribution in [0.5, 0.6) is 0 Å². The van der Waals surface area contributed by atoms with Crippen LogP contribution in [0.3, 0.4) is 0 Å². The Balaban J connectivity index is 1.87. The first kappa shape index (κ1) is 19.5. The molecule has 1 fully saturated rings. The molecule has 6 nitrogen and oxygen atoms in total. The third-order valence-corrected chi connectivity index (χ3v) is 5.83. The second-order valence-corrected chi connectivity index (χ2v) is 8.01. The molecule has 2 amide bonds. The van der Waals surface area contributed by atoms with E-state index in [4.69, 9.17) is 4.74 Å². The highest BCUT2D eigenvalue weighted by Gasteiger charge is 2.39. The van der Waals surface area contributed by atoms with Gasteiger partial charge in [0.05, 0.1) is 30.4 Å². The molecule has 1 aliphatic heterocycles. The number of benzene rings is 1. The number of ether oxygens (including phenoxy) is 1. The fourth-order valence-corrected chi connectivity index (χ4v) is 4.28. The van der Waals surface area contributed by atoms with Crippen molar-refractivity contribution in [3.63, 3.8) is 0 Å². The molecule has 1 atom stereocenters. The maximum atomic E-state index is 13.1. The van der Waals surface area contributed by atoms with Crippen molar-refractivity contribution in [1.29, 1.82) is 0 Å². The summed E-state index contributed by atoms with van der Waals surface area (Å²) in [5, 5.41) is 0.972. The van der Waals surface area contributed by atoms with E-state index in [1.54, 1.807) is 28.2 Å². The van der Waals surface area contributed by atoms with Gasteiger partial charge < -0.3 is 14.5 Å². The van der Waals surface area contributed by atoms with Crippen LogP contribution in [0.2, 0.25) is 0 Å². The largest absolute Gasteiger partial charge is 0.383 e. The average Bonchev–Trinajstić information content (AvgIpc) is 2.97. The molecule has 1 aromatic carbocycles. The number of aromatic nitrogens is 1. The summed E-state index contributed by atoms with van der Waals surface area (Å²) in [6.45, 7) is 5.29. The number of nitrogens with zero attached hydrogens (tertiary/aromatic N) is 3. The summed E-state index contributed by atoms with van der Waals surface area (Å²) < 4.78 is 5.10. The van der Waals surface area contributed by atoms with E-state index in [2.05, 4.69) is 4.98 Å². The summed E-state index contributed by atoms with van der Waals surface area (Å²) >= 11 is 1.58. The third kappa shape index (κ3) is 4.54. The second-order valence-electron chi connectivity index (χ2n) is 6.72. The number of methoxy groups -OCH3 is 1. The fraction of sp³-hybridized carbons (Fsp3) is 0.450. The van der Waals surface area contributed by atoms with Crippen molar-refractivity contribution in [2.45, 2.75) is 32.9 Å². The Kier molecular flexibility index (Phi) is 6.23. The van der Waals surface area contributed by atoms with Gasteiger partial charge in [-0.3, -0.25) is 9.59 Å². The van der Waals surface area contributed by atoms with Crippen LogP contribution in [-0.4, -0.2) is 59.4 Å². The van der Waals surface area contributed by atoms with Gasteiger partial charge in [0, 0.05) is 25.0 Å². The van der Waals surface area contributed by atoms with Crippen LogP contribution >= 0.6 is 11.3 Å². The van der Waals surface area contributed by atoms with Crippen molar-refractivity contribution in [3.05, 3.63) is 51.5 Å². The summed E-state index contributed by atoms with van der Waals surface area (Å²) in [6, 6.07) is 9.33. The van der Waals surface area contributed by atoms with E-state index in [1.165, 1.54) is 0 Å². The number of carbonyl (C=O) groups is 2. The Morgan fingerprint density at radius 1 is 1.22 bits per heavy atom. The SMILES string of the molecule is COCCN1CC(=O)N(Cc2sc(C)nc2C)[C@H](Cc2ccccc2)C1=O. The van der Waals surface area contributed by atoms with Crippen molar-refractivity contribution >= 4 is 23.2 Å². The summed E-state index contributed by atoms with van der Waals surface area (Å²) in [6.07, 6.45) is 0.506. The first-order chi connectivity index (χ1) is 13.0. The average molecular weight is 388 g/mol. The molecule has 0 aliphatic carbocycles. The zero-order valence-electron chi connectivity index (χ0n) is 16.0. The lowest BCUT2D eigenvalue weighted by atomic mass is 10.0. The zero-order valence-corrected chi connectivity index (χ0v) is 16.8. The predicted molar refractivity (Wildman–Crippen MR) is 105 cm³/mol. The van der Waals surface area contributed by atoms with Crippen molar-refractivity contribution in [1.82, 2.24) is 14.8 Å². The van der Waals surface area contributed by atoms with Gasteiger partial charge in [-0.15, -0.1) is 11.3 Å². The minimum Gasteiger partial charge on any atom is -0.383 e. The Morgan fingerprint density at radius 3 is 2.59 bits per heavy atom. The normalized spacial score (nSPS) is 17.7. The molecule has 0 spiro atoms. The van der Waals surface area contributed by atoms with Crippen molar-refractivity contribution < 1.29 is 14.3 Å². The molecule has 0 N–H and O–H groups in total. The number of hydrogen-bond acceptors (Lipinski definition) is 5. The van der Waals surface area contributed by atoms with E-state index in [9.17, 15) is 9.59 Å². The molecule has 27 heavy (non-hydrogen) atoms. The van der Waals surface area contributed by atoms with Crippen LogP contribution in [0.4, 0.5) is 0 Å². The van der Waals surface area contributed by atoms with Gasteiger partial charge >= 0.3 is 0 Å². The van der Waals surface area contributed by atoms with Gasteiger partial charge in [-0.1, -0.05) is 30.3 Å². The molecule has 1 aliphatic rings. The molecule has 0 saturated carbocycles. The first-order valence-corrected chi connectivity index (χ1v) is 9.85. The van der Waals surface area contributed by atoms with Gasteiger partial charge in [0.15, 0.2) is 0 Å². The smallest absolute Gasteiger partial charge is 0.246 e. The van der Waals surface area contributed by atoms with Gasteiger partial charge in [0.25, 0.3) is 0 Å². The third-order valence-electron chi connectivity index (χ3n) is 4.77. The maximum Gasteiger partial charge on any atom is 0.246 e. The number of amides is 2. The highest BCUT2D eigenvalue weighted by atomic mass is 32.1. The van der Waals surface area contributed by atoms with Crippen molar-refractivity contribution in [2.24, 2.45) is 0 Å². The lowest BCUT2D eigenvalue weighted by molar-refractivity contribution is -0.157. The summed E-state index contributed by atoms with van der Waals surface area (Å²) in [5.41, 5.74) is 1.97. The molecule has 144 valence electrons. The molecule has 7 heteroatoms. The van der Waals surface area contributed by atoms with E-state index in [-0.39, 0.29) is 18.4 Å². The van der Waals surface area contributed by atoms with Crippen molar-refractivity contribution in [3.8, 4) is 0 Å². The van der Waals surface area contributed by atoms with Gasteiger partial charge in [0.1, 0.15) is 6.04 Å². The molecular weight excluding hydrogens is 362 g/mol. The van der Waals surface area contributed by atoms with Crippen LogP contribution in [0.25, 0.3) is 0 Å². The molecule has 1 saturated heterocycles. The van der Waals surface area contributed by atoms with Crippen LogP contribution in [0, 0.1) is 13.8 Å². The van der Waals surface area contributed by atoms with E-state index in [0.29, 0.717) is 26.1 Å². The highest BCUT2D eigenvalue weighted by Crippen LogP contribution is 2.24. The Labute approximate surface area is 163 Å². The second kappa shape index (κ2) is 8.63. The van der Waals surface area contributed by atoms with Crippen LogP contribution in [-0.2, 0) is 27.3 Å². The number of thiazole rings is 1. The van der Waals surface area contributed by atoms with E-state index in [0.717, 1.165) is 21.1 Å². The Bertz CT molecular complexity index is 806. The lowest BCUT2D eigenvalue weighted by Crippen LogP contribution is -2.60. The monoisotopic (exact) mass is 387 g/mol. The van der Waals surface area contributed by atoms with Crippen LogP contribution in [0.1, 0.15) is 21.1 Å². The molecule has 1 aromatic heterocycles. The molecule has 2 aromatic rings. The van der Waals surface area contributed by atoms with Crippen LogP contribution < -0.4 is 0 Å². The van der Waals surface area contributed by atoms with Gasteiger partial charge in [-0.2, -0.15) is 0 Å². The minimum absolute atomic E-state index is 0.0191. The zero-order chi connectivity index (χ0) is 19.4. The standard InChI is InChI=1S/C20H25N3O3S/c1-14-18(27-15(2)21-14)12-23-17(11-16-7-5-4-6-8-16)20(25)22(9-10-26-3)13-19(23)24/h4-8,17H,9-13H2,1-3H3/t17-/m1/s1. The van der Waals surface area contributed by atoms with Crippen LogP contribution in [0.15, 0.2) is 30.3 Å². The van der Waals surface area contributed by atoms with Gasteiger partial charge in [-0.05, 0) is 19.4 Å². The number of rotatable bonds is 7. The quantitative estimate of drug-likeness (QED) is 0.731. The molecule has 3 rings (SSSR count). The topological polar surface area (TPSA) is 62.7 Å².